The van der Waals surface area contributed by atoms with Crippen LogP contribution in [0.15, 0.2) is 35.1 Å². The molecule has 2 aromatic rings. The van der Waals surface area contributed by atoms with E-state index >= 15 is 0 Å². The van der Waals surface area contributed by atoms with Crippen molar-refractivity contribution in [1.82, 2.24) is 10.3 Å². The second-order valence-corrected chi connectivity index (χ2v) is 6.07. The van der Waals surface area contributed by atoms with Crippen LogP contribution in [0.2, 0.25) is 0 Å². The topological polar surface area (TPSA) is 65.2 Å². The van der Waals surface area contributed by atoms with Gasteiger partial charge >= 0.3 is 0 Å². The lowest BCUT2D eigenvalue weighted by Crippen LogP contribution is -2.33. The number of pyridine rings is 1. The number of benzene rings is 1. The Hall–Kier alpha value is -2.56. The SMILES string of the molecule is Cc1[nH]c(=O)c(C(=O)NCCCN(C)c2ccccc2)c(C)c1C. The summed E-state index contributed by atoms with van der Waals surface area (Å²) in [5.41, 5.74) is 3.53. The van der Waals surface area contributed by atoms with Gasteiger partial charge in [0.25, 0.3) is 11.5 Å². The Labute approximate surface area is 142 Å². The Morgan fingerprint density at radius 2 is 1.79 bits per heavy atom. The standard InChI is InChI=1S/C19H25N3O2/c1-13-14(2)17(19(24)21-15(13)3)18(23)20-11-8-12-22(4)16-9-6-5-7-10-16/h5-7,9-10H,8,11-12H2,1-4H3,(H,20,23)(H,21,24). The highest BCUT2D eigenvalue weighted by atomic mass is 16.2. The molecule has 0 atom stereocenters. The van der Waals surface area contributed by atoms with Crippen LogP contribution in [0.3, 0.4) is 0 Å². The number of amides is 1. The van der Waals surface area contributed by atoms with E-state index < -0.39 is 0 Å². The number of para-hydroxylation sites is 1. The largest absolute Gasteiger partial charge is 0.375 e. The molecule has 0 bridgehead atoms. The summed E-state index contributed by atoms with van der Waals surface area (Å²) in [6, 6.07) is 10.1. The summed E-state index contributed by atoms with van der Waals surface area (Å²) < 4.78 is 0. The minimum atomic E-state index is -0.325. The molecule has 0 spiro atoms. The van der Waals surface area contributed by atoms with Crippen molar-refractivity contribution in [3.63, 3.8) is 0 Å². The molecule has 0 fully saturated rings. The molecular weight excluding hydrogens is 302 g/mol. The van der Waals surface area contributed by atoms with Gasteiger partial charge in [-0.25, -0.2) is 0 Å². The predicted octanol–water partition coefficient (Wildman–Crippen LogP) is 2.56. The molecule has 5 nitrogen and oxygen atoms in total. The van der Waals surface area contributed by atoms with Gasteiger partial charge in [0, 0.05) is 31.5 Å². The first kappa shape index (κ1) is 17.8. The third-order valence-electron chi connectivity index (χ3n) is 4.41. The van der Waals surface area contributed by atoms with E-state index in [-0.39, 0.29) is 17.0 Å². The maximum atomic E-state index is 12.3. The first-order valence-electron chi connectivity index (χ1n) is 8.16. The molecule has 5 heteroatoms. The third-order valence-corrected chi connectivity index (χ3v) is 4.41. The molecule has 0 unspecified atom stereocenters. The van der Waals surface area contributed by atoms with Crippen molar-refractivity contribution in [3.05, 3.63) is 63.1 Å². The number of hydrogen-bond donors (Lipinski definition) is 2. The molecule has 128 valence electrons. The van der Waals surface area contributed by atoms with Crippen molar-refractivity contribution in [2.75, 3.05) is 25.0 Å². The van der Waals surface area contributed by atoms with Crippen LogP contribution in [0.5, 0.6) is 0 Å². The molecule has 0 radical (unpaired) electrons. The Morgan fingerprint density at radius 3 is 2.46 bits per heavy atom. The zero-order valence-electron chi connectivity index (χ0n) is 14.8. The fourth-order valence-corrected chi connectivity index (χ4v) is 2.66. The lowest BCUT2D eigenvalue weighted by atomic mass is 10.0. The Balaban J connectivity index is 1.91. The van der Waals surface area contributed by atoms with Gasteiger partial charge in [0.2, 0.25) is 0 Å². The number of aromatic nitrogens is 1. The molecule has 0 aliphatic carbocycles. The van der Waals surface area contributed by atoms with E-state index in [2.05, 4.69) is 27.3 Å². The van der Waals surface area contributed by atoms with Crippen LogP contribution in [0.4, 0.5) is 5.69 Å². The van der Waals surface area contributed by atoms with E-state index in [9.17, 15) is 9.59 Å². The van der Waals surface area contributed by atoms with Crippen LogP contribution in [-0.4, -0.2) is 31.0 Å². The fraction of sp³-hybridized carbons (Fsp3) is 0.368. The normalized spacial score (nSPS) is 10.5. The third kappa shape index (κ3) is 4.04. The minimum absolute atomic E-state index is 0.217. The van der Waals surface area contributed by atoms with Crippen molar-refractivity contribution in [2.24, 2.45) is 0 Å². The van der Waals surface area contributed by atoms with Gasteiger partial charge in [-0.1, -0.05) is 18.2 Å². The molecule has 2 rings (SSSR count). The van der Waals surface area contributed by atoms with Crippen LogP contribution in [0.25, 0.3) is 0 Å². The number of aromatic amines is 1. The number of carbonyl (C=O) groups excluding carboxylic acids is 1. The van der Waals surface area contributed by atoms with E-state index in [0.29, 0.717) is 6.54 Å². The maximum absolute atomic E-state index is 12.3. The number of H-pyrrole nitrogens is 1. The van der Waals surface area contributed by atoms with Crippen LogP contribution in [0, 0.1) is 20.8 Å². The van der Waals surface area contributed by atoms with Gasteiger partial charge in [-0.05, 0) is 50.5 Å². The average molecular weight is 327 g/mol. The molecule has 2 N–H and O–H groups in total. The molecule has 1 heterocycles. The number of nitrogens with zero attached hydrogens (tertiary/aromatic N) is 1. The van der Waals surface area contributed by atoms with E-state index in [4.69, 9.17) is 0 Å². The molecule has 1 aromatic heterocycles. The lowest BCUT2D eigenvalue weighted by molar-refractivity contribution is 0.0951. The summed E-state index contributed by atoms with van der Waals surface area (Å²) in [5, 5.41) is 2.85. The molecule has 1 amide bonds. The predicted molar refractivity (Wildman–Crippen MR) is 97.9 cm³/mol. The summed E-state index contributed by atoms with van der Waals surface area (Å²) in [5.74, 6) is -0.306. The maximum Gasteiger partial charge on any atom is 0.261 e. The summed E-state index contributed by atoms with van der Waals surface area (Å²) in [6.45, 7) is 6.92. The average Bonchev–Trinajstić information content (AvgIpc) is 2.57. The van der Waals surface area contributed by atoms with Gasteiger partial charge in [0.1, 0.15) is 5.56 Å². The quantitative estimate of drug-likeness (QED) is 0.802. The van der Waals surface area contributed by atoms with Crippen molar-refractivity contribution in [2.45, 2.75) is 27.2 Å². The molecule has 0 aliphatic rings. The van der Waals surface area contributed by atoms with Crippen LogP contribution in [0.1, 0.15) is 33.6 Å². The molecule has 0 aliphatic heterocycles. The van der Waals surface area contributed by atoms with Crippen molar-refractivity contribution in [1.29, 1.82) is 0 Å². The summed E-state index contributed by atoms with van der Waals surface area (Å²) in [6.07, 6.45) is 0.804. The highest BCUT2D eigenvalue weighted by Crippen LogP contribution is 2.12. The highest BCUT2D eigenvalue weighted by Gasteiger charge is 2.16. The first-order chi connectivity index (χ1) is 11.4. The number of aryl methyl sites for hydroxylation is 1. The van der Waals surface area contributed by atoms with Crippen molar-refractivity contribution >= 4 is 11.6 Å². The van der Waals surface area contributed by atoms with Gasteiger partial charge < -0.3 is 15.2 Å². The van der Waals surface area contributed by atoms with Crippen molar-refractivity contribution in [3.8, 4) is 0 Å². The molecule has 0 saturated carbocycles. The van der Waals surface area contributed by atoms with Crippen LogP contribution >= 0.6 is 0 Å². The van der Waals surface area contributed by atoms with Gasteiger partial charge in [0.05, 0.1) is 0 Å². The zero-order valence-corrected chi connectivity index (χ0v) is 14.8. The highest BCUT2D eigenvalue weighted by molar-refractivity contribution is 5.95. The van der Waals surface area contributed by atoms with E-state index in [0.717, 1.165) is 35.5 Å². The second kappa shape index (κ2) is 7.81. The smallest absolute Gasteiger partial charge is 0.261 e. The number of rotatable bonds is 6. The van der Waals surface area contributed by atoms with Gasteiger partial charge in [-0.3, -0.25) is 9.59 Å². The minimum Gasteiger partial charge on any atom is -0.375 e. The number of nitrogens with one attached hydrogen (secondary N) is 2. The summed E-state index contributed by atoms with van der Waals surface area (Å²) in [7, 11) is 2.02. The Morgan fingerprint density at radius 1 is 1.12 bits per heavy atom. The summed E-state index contributed by atoms with van der Waals surface area (Å²) in [4.78, 5) is 29.2. The zero-order chi connectivity index (χ0) is 17.7. The molecule has 0 saturated heterocycles. The van der Waals surface area contributed by atoms with E-state index in [1.54, 1.807) is 0 Å². The number of anilines is 1. The second-order valence-electron chi connectivity index (χ2n) is 6.07. The van der Waals surface area contributed by atoms with E-state index in [1.165, 1.54) is 0 Å². The number of carbonyl (C=O) groups is 1. The van der Waals surface area contributed by atoms with Gasteiger partial charge in [-0.15, -0.1) is 0 Å². The van der Waals surface area contributed by atoms with E-state index in [1.807, 2.05) is 46.0 Å². The molecule has 1 aromatic carbocycles. The van der Waals surface area contributed by atoms with Gasteiger partial charge in [0.15, 0.2) is 0 Å². The fourth-order valence-electron chi connectivity index (χ4n) is 2.66. The van der Waals surface area contributed by atoms with Crippen LogP contribution < -0.4 is 15.8 Å². The summed E-state index contributed by atoms with van der Waals surface area (Å²) >= 11 is 0. The first-order valence-corrected chi connectivity index (χ1v) is 8.16. The lowest BCUT2D eigenvalue weighted by Gasteiger charge is -2.19. The van der Waals surface area contributed by atoms with Crippen molar-refractivity contribution < 1.29 is 4.79 Å². The van der Waals surface area contributed by atoms with Gasteiger partial charge in [-0.2, -0.15) is 0 Å². The Kier molecular flexibility index (Phi) is 5.79. The van der Waals surface area contributed by atoms with Crippen LogP contribution in [-0.2, 0) is 0 Å². The number of hydrogen-bond acceptors (Lipinski definition) is 3. The monoisotopic (exact) mass is 327 g/mol. The molecule has 24 heavy (non-hydrogen) atoms. The Bertz CT molecular complexity index is 766. The molecular formula is C19H25N3O2.